The maximum Gasteiger partial charge on any atom is 0.129 e. The van der Waals surface area contributed by atoms with Crippen LogP contribution in [-0.4, -0.2) is 19.5 Å². The maximum atomic E-state index is 11.6. The van der Waals surface area contributed by atoms with Crippen molar-refractivity contribution in [2.45, 2.75) is 26.2 Å². The average Bonchev–Trinajstić information content (AvgIpc) is 3.64. The zero-order valence-corrected chi connectivity index (χ0v) is 30.7. The van der Waals surface area contributed by atoms with Gasteiger partial charge in [-0.1, -0.05) is 122 Å². The Bertz CT molecular complexity index is 2600. The Balaban J connectivity index is 0.00000374. The molecule has 3 heterocycles. The number of nitrogens with zero attached hydrogens (tertiary/aromatic N) is 3. The molecule has 9 rings (SSSR count). The summed E-state index contributed by atoms with van der Waals surface area (Å²) < 4.78 is 2.14. The number of pyridine rings is 2. The normalized spacial score (nSPS) is 12.7. The third kappa shape index (κ3) is 5.51. The molecule has 0 amide bonds. The number of hydrogen-bond donors (Lipinski definition) is 1. The molecule has 0 spiro atoms. The Labute approximate surface area is 312 Å². The molecule has 0 saturated carbocycles. The number of benzene rings is 5. The molecule has 3 aromatic heterocycles. The van der Waals surface area contributed by atoms with Crippen molar-refractivity contribution in [1.82, 2.24) is 14.4 Å². The minimum absolute atomic E-state index is 0. The Hall–Kier alpha value is -5.57. The van der Waals surface area contributed by atoms with Gasteiger partial charge < -0.3 is 9.51 Å². The summed E-state index contributed by atoms with van der Waals surface area (Å²) in [6.07, 6.45) is 2.06. The Kier molecular flexibility index (Phi) is 8.08. The first-order valence-electron chi connectivity index (χ1n) is 17.0. The fourth-order valence-corrected chi connectivity index (χ4v) is 7.55. The van der Waals surface area contributed by atoms with E-state index in [1.165, 1.54) is 22.3 Å². The van der Waals surface area contributed by atoms with Gasteiger partial charge in [0.1, 0.15) is 11.4 Å². The van der Waals surface area contributed by atoms with Crippen LogP contribution in [0, 0.1) is 13.0 Å². The topological polar surface area (TPSA) is 50.4 Å². The first-order chi connectivity index (χ1) is 24.3. The third-order valence-electron chi connectivity index (χ3n) is 10.1. The number of imidazole rings is 1. The molecule has 1 N–H and O–H groups in total. The van der Waals surface area contributed by atoms with Gasteiger partial charge in [0.05, 0.1) is 5.69 Å². The van der Waals surface area contributed by atoms with Crippen LogP contribution in [-0.2, 0) is 26.5 Å². The average molecular weight is 840 g/mol. The summed E-state index contributed by atoms with van der Waals surface area (Å²) in [6, 6.07) is 51.6. The molecule has 250 valence electrons. The summed E-state index contributed by atoms with van der Waals surface area (Å²) in [4.78, 5) is 10.3. The molecule has 51 heavy (non-hydrogen) atoms. The van der Waals surface area contributed by atoms with Crippen molar-refractivity contribution in [1.29, 1.82) is 0 Å². The molecule has 8 aromatic rings. The fourth-order valence-electron chi connectivity index (χ4n) is 7.55. The van der Waals surface area contributed by atoms with E-state index >= 15 is 0 Å². The molecular weight excluding hydrogens is 806 g/mol. The van der Waals surface area contributed by atoms with Crippen molar-refractivity contribution < 1.29 is 26.2 Å². The summed E-state index contributed by atoms with van der Waals surface area (Å²) in [6.45, 7) is 6.61. The van der Waals surface area contributed by atoms with Crippen LogP contribution in [0.25, 0.3) is 72.9 Å². The summed E-state index contributed by atoms with van der Waals surface area (Å²) in [7, 11) is 0. The van der Waals surface area contributed by atoms with E-state index in [-0.39, 0.29) is 32.2 Å². The van der Waals surface area contributed by atoms with Gasteiger partial charge in [-0.2, -0.15) is 0 Å². The molecule has 0 saturated heterocycles. The van der Waals surface area contributed by atoms with Crippen molar-refractivity contribution >= 4 is 5.65 Å². The van der Waals surface area contributed by atoms with E-state index < -0.39 is 0 Å². The molecule has 0 unspecified atom stereocenters. The molecule has 0 atom stereocenters. The molecular formula is C46H34N3OPt-. The van der Waals surface area contributed by atoms with E-state index in [4.69, 9.17) is 9.97 Å². The second-order valence-corrected chi connectivity index (χ2v) is 13.7. The number of aryl methyl sites for hydroxylation is 1. The van der Waals surface area contributed by atoms with E-state index in [1.54, 1.807) is 0 Å². The number of aromatic hydroxyl groups is 1. The van der Waals surface area contributed by atoms with Gasteiger partial charge in [0, 0.05) is 55.3 Å². The summed E-state index contributed by atoms with van der Waals surface area (Å²) in [5.41, 5.74) is 15.5. The zero-order valence-electron chi connectivity index (χ0n) is 28.5. The standard InChI is InChI=1S/C46H34N3O.Pt/c1-29-13-11-16-31(23-29)34-25-40(47-41(26-34)37-27-39-36(28-42(37)50)35-19-7-8-20-38(35)46(39,2)3)32-17-12-18-33(24-32)44-45(30-14-5-4-6-15-30)49-22-10-9-21-43(49)48-44;/h4-23,25-28,50H,1-3H3;/q-1;. The summed E-state index contributed by atoms with van der Waals surface area (Å²) in [5, 5.41) is 11.6. The second kappa shape index (κ2) is 12.6. The Morgan fingerprint density at radius 3 is 2.16 bits per heavy atom. The van der Waals surface area contributed by atoms with Crippen LogP contribution in [0.4, 0.5) is 0 Å². The molecule has 4 nitrogen and oxygen atoms in total. The van der Waals surface area contributed by atoms with Crippen LogP contribution in [0.2, 0.25) is 0 Å². The predicted octanol–water partition coefficient (Wildman–Crippen LogP) is 11.2. The van der Waals surface area contributed by atoms with Gasteiger partial charge in [-0.15, -0.1) is 24.3 Å². The van der Waals surface area contributed by atoms with Crippen LogP contribution < -0.4 is 0 Å². The smallest absolute Gasteiger partial charge is 0.129 e. The second-order valence-electron chi connectivity index (χ2n) is 13.7. The first-order valence-corrected chi connectivity index (χ1v) is 17.0. The number of rotatable bonds is 5. The van der Waals surface area contributed by atoms with Crippen LogP contribution >= 0.6 is 0 Å². The van der Waals surface area contributed by atoms with Gasteiger partial charge in [-0.05, 0) is 76.2 Å². The number of phenols is 1. The summed E-state index contributed by atoms with van der Waals surface area (Å²) in [5.74, 6) is 0.214. The monoisotopic (exact) mass is 839 g/mol. The van der Waals surface area contributed by atoms with Crippen molar-refractivity contribution in [2.75, 3.05) is 0 Å². The molecule has 0 radical (unpaired) electrons. The van der Waals surface area contributed by atoms with Crippen LogP contribution in [0.3, 0.4) is 0 Å². The van der Waals surface area contributed by atoms with Gasteiger partial charge in [0.2, 0.25) is 0 Å². The van der Waals surface area contributed by atoms with Crippen LogP contribution in [0.5, 0.6) is 5.75 Å². The van der Waals surface area contributed by atoms with Crippen molar-refractivity contribution in [2.24, 2.45) is 0 Å². The van der Waals surface area contributed by atoms with Crippen molar-refractivity contribution in [3.05, 3.63) is 168 Å². The molecule has 5 aromatic carbocycles. The van der Waals surface area contributed by atoms with Gasteiger partial charge in [0.15, 0.2) is 0 Å². The van der Waals surface area contributed by atoms with E-state index in [0.29, 0.717) is 11.3 Å². The van der Waals surface area contributed by atoms with Crippen LogP contribution in [0.1, 0.15) is 30.5 Å². The molecule has 0 bridgehead atoms. The van der Waals surface area contributed by atoms with E-state index in [1.807, 2.05) is 36.4 Å². The molecule has 5 heteroatoms. The van der Waals surface area contributed by atoms with E-state index in [0.717, 1.165) is 56.1 Å². The fraction of sp³-hybridized carbons (Fsp3) is 0.0870. The van der Waals surface area contributed by atoms with Crippen molar-refractivity contribution in [3.63, 3.8) is 0 Å². The SMILES string of the molecule is Cc1cccc(-c2cc(-c3[c-]c(-c4nc5ccccn5c4-c4ccccc4)ccc3)nc(-c3cc4c(cc3O)-c3ccccc3C4(C)C)c2)c1.[Pt]. The summed E-state index contributed by atoms with van der Waals surface area (Å²) >= 11 is 0. The van der Waals surface area contributed by atoms with Gasteiger partial charge in [-0.25, -0.2) is 0 Å². The predicted molar refractivity (Wildman–Crippen MR) is 203 cm³/mol. The zero-order chi connectivity index (χ0) is 34.0. The number of phenolic OH excluding ortho intramolecular Hbond substituents is 1. The molecule has 0 fully saturated rings. The third-order valence-corrected chi connectivity index (χ3v) is 10.1. The first kappa shape index (κ1) is 32.6. The minimum atomic E-state index is -0.210. The quantitative estimate of drug-likeness (QED) is 0.176. The minimum Gasteiger partial charge on any atom is -0.507 e. The van der Waals surface area contributed by atoms with Crippen molar-refractivity contribution in [3.8, 4) is 73.0 Å². The van der Waals surface area contributed by atoms with Gasteiger partial charge in [0.25, 0.3) is 0 Å². The number of fused-ring (bicyclic) bond motifs is 4. The molecule has 1 aliphatic carbocycles. The number of aromatic nitrogens is 3. The van der Waals surface area contributed by atoms with Crippen LogP contribution in [0.15, 0.2) is 146 Å². The largest absolute Gasteiger partial charge is 0.507 e. The molecule has 1 aliphatic rings. The van der Waals surface area contributed by atoms with Gasteiger partial charge in [-0.3, -0.25) is 9.97 Å². The van der Waals surface area contributed by atoms with E-state index in [9.17, 15) is 5.11 Å². The molecule has 0 aliphatic heterocycles. The Morgan fingerprint density at radius 2 is 1.31 bits per heavy atom. The number of hydrogen-bond acceptors (Lipinski definition) is 3. The Morgan fingerprint density at radius 1 is 0.588 bits per heavy atom. The van der Waals surface area contributed by atoms with E-state index in [2.05, 4.69) is 141 Å². The maximum absolute atomic E-state index is 11.6. The van der Waals surface area contributed by atoms with Gasteiger partial charge >= 0.3 is 0 Å².